The van der Waals surface area contributed by atoms with Crippen LogP contribution in [-0.2, 0) is 4.74 Å². The van der Waals surface area contributed by atoms with Gasteiger partial charge < -0.3 is 10.2 Å². The van der Waals surface area contributed by atoms with Gasteiger partial charge in [-0.3, -0.25) is 4.99 Å². The minimum absolute atomic E-state index is 0.455. The van der Waals surface area contributed by atoms with Crippen LogP contribution in [0.4, 0.5) is 0 Å². The molecule has 0 aliphatic heterocycles. The second kappa shape index (κ2) is 6.51. The Hall–Kier alpha value is -0.610. The molecular formula is C6H15N3O. The van der Waals surface area contributed by atoms with Gasteiger partial charge in [-0.1, -0.05) is 6.92 Å². The zero-order valence-electron chi connectivity index (χ0n) is 6.55. The number of hydrogen-bond donors (Lipinski definition) is 2. The van der Waals surface area contributed by atoms with Crippen LogP contribution in [0.25, 0.3) is 0 Å². The van der Waals surface area contributed by atoms with E-state index in [2.05, 4.69) is 17.3 Å². The second-order valence-corrected chi connectivity index (χ2v) is 1.91. The lowest BCUT2D eigenvalue weighted by atomic mass is 10.5. The number of aliphatic imine (C=N–C) groups is 1. The lowest BCUT2D eigenvalue weighted by molar-refractivity contribution is 0.242. The molecule has 0 atom stereocenters. The number of hydrazine groups is 1. The summed E-state index contributed by atoms with van der Waals surface area (Å²) in [6.07, 6.45) is 1.02. The Kier molecular flexibility index (Phi) is 6.11. The van der Waals surface area contributed by atoms with Gasteiger partial charge in [-0.2, -0.15) is 0 Å². The summed E-state index contributed by atoms with van der Waals surface area (Å²) in [5, 5.41) is 0. The third kappa shape index (κ3) is 4.29. The van der Waals surface area contributed by atoms with Crippen molar-refractivity contribution in [2.75, 3.05) is 20.3 Å². The molecule has 0 aromatic carbocycles. The average Bonchev–Trinajstić information content (AvgIpc) is 1.98. The van der Waals surface area contributed by atoms with Crippen LogP contribution < -0.4 is 11.3 Å². The molecule has 0 unspecified atom stereocenters. The van der Waals surface area contributed by atoms with Crippen molar-refractivity contribution in [1.82, 2.24) is 5.43 Å². The SMILES string of the molecule is CCCN=C(COC)NN. The van der Waals surface area contributed by atoms with Crippen LogP contribution in [0.15, 0.2) is 4.99 Å². The summed E-state index contributed by atoms with van der Waals surface area (Å²) < 4.78 is 4.82. The minimum atomic E-state index is 0.455. The van der Waals surface area contributed by atoms with Crippen molar-refractivity contribution in [2.24, 2.45) is 10.8 Å². The number of nitrogens with zero attached hydrogens (tertiary/aromatic N) is 1. The van der Waals surface area contributed by atoms with Crippen molar-refractivity contribution in [3.05, 3.63) is 0 Å². The first-order valence-corrected chi connectivity index (χ1v) is 3.34. The Balaban J connectivity index is 3.55. The Morgan fingerprint density at radius 2 is 2.40 bits per heavy atom. The molecule has 0 saturated heterocycles. The van der Waals surface area contributed by atoms with Crippen molar-refractivity contribution in [2.45, 2.75) is 13.3 Å². The largest absolute Gasteiger partial charge is 0.377 e. The first-order valence-electron chi connectivity index (χ1n) is 3.34. The summed E-state index contributed by atoms with van der Waals surface area (Å²) in [4.78, 5) is 4.11. The standard InChI is InChI=1S/C6H15N3O/c1-3-4-8-6(9-7)5-10-2/h3-5,7H2,1-2H3,(H,8,9). The predicted molar refractivity (Wildman–Crippen MR) is 41.8 cm³/mol. The van der Waals surface area contributed by atoms with E-state index in [0.29, 0.717) is 12.4 Å². The van der Waals surface area contributed by atoms with Crippen molar-refractivity contribution in [1.29, 1.82) is 0 Å². The number of rotatable bonds is 4. The van der Waals surface area contributed by atoms with Crippen LogP contribution in [0.2, 0.25) is 0 Å². The third-order valence-electron chi connectivity index (χ3n) is 0.974. The molecule has 0 amide bonds. The Morgan fingerprint density at radius 1 is 1.70 bits per heavy atom. The molecule has 4 heteroatoms. The van der Waals surface area contributed by atoms with Gasteiger partial charge in [-0.25, -0.2) is 5.84 Å². The van der Waals surface area contributed by atoms with E-state index in [0.717, 1.165) is 13.0 Å². The topological polar surface area (TPSA) is 59.6 Å². The van der Waals surface area contributed by atoms with Crippen LogP contribution in [0.3, 0.4) is 0 Å². The zero-order chi connectivity index (χ0) is 7.82. The molecule has 4 nitrogen and oxygen atoms in total. The van der Waals surface area contributed by atoms with E-state index >= 15 is 0 Å². The highest BCUT2D eigenvalue weighted by Crippen LogP contribution is 1.79. The third-order valence-corrected chi connectivity index (χ3v) is 0.974. The molecule has 0 aromatic heterocycles. The van der Waals surface area contributed by atoms with E-state index in [1.54, 1.807) is 7.11 Å². The van der Waals surface area contributed by atoms with Gasteiger partial charge in [0.25, 0.3) is 0 Å². The van der Waals surface area contributed by atoms with Gasteiger partial charge >= 0.3 is 0 Å². The van der Waals surface area contributed by atoms with Gasteiger partial charge in [0.2, 0.25) is 0 Å². The molecule has 0 heterocycles. The highest BCUT2D eigenvalue weighted by Gasteiger charge is 1.91. The molecule has 0 rings (SSSR count). The lowest BCUT2D eigenvalue weighted by Crippen LogP contribution is -2.33. The molecule has 0 aliphatic carbocycles. The highest BCUT2D eigenvalue weighted by molar-refractivity contribution is 5.82. The Morgan fingerprint density at radius 3 is 2.80 bits per heavy atom. The summed E-state index contributed by atoms with van der Waals surface area (Å²) >= 11 is 0. The molecule has 3 N–H and O–H groups in total. The van der Waals surface area contributed by atoms with Crippen LogP contribution in [-0.4, -0.2) is 26.1 Å². The summed E-state index contributed by atoms with van der Waals surface area (Å²) in [6.45, 7) is 3.31. The van der Waals surface area contributed by atoms with E-state index in [-0.39, 0.29) is 0 Å². The number of nitrogens with two attached hydrogens (primary N) is 1. The maximum Gasteiger partial charge on any atom is 0.137 e. The summed E-state index contributed by atoms with van der Waals surface area (Å²) in [5.41, 5.74) is 2.46. The molecular weight excluding hydrogens is 130 g/mol. The van der Waals surface area contributed by atoms with Crippen molar-refractivity contribution >= 4 is 5.84 Å². The molecule has 0 aliphatic rings. The van der Waals surface area contributed by atoms with E-state index in [1.165, 1.54) is 0 Å². The van der Waals surface area contributed by atoms with Gasteiger partial charge in [0.15, 0.2) is 0 Å². The first kappa shape index (κ1) is 9.39. The Bertz CT molecular complexity index is 103. The number of ether oxygens (including phenoxy) is 1. The fourth-order valence-electron chi connectivity index (χ4n) is 0.516. The fourth-order valence-corrected chi connectivity index (χ4v) is 0.516. The summed E-state index contributed by atoms with van der Waals surface area (Å²) in [5.74, 6) is 5.84. The number of amidine groups is 1. The second-order valence-electron chi connectivity index (χ2n) is 1.91. The quantitative estimate of drug-likeness (QED) is 0.251. The number of hydrogen-bond acceptors (Lipinski definition) is 3. The van der Waals surface area contributed by atoms with Gasteiger partial charge in [0.05, 0.1) is 0 Å². The number of methoxy groups -OCH3 is 1. The van der Waals surface area contributed by atoms with E-state index in [1.807, 2.05) is 0 Å². The minimum Gasteiger partial charge on any atom is -0.377 e. The van der Waals surface area contributed by atoms with Crippen molar-refractivity contribution in [3.63, 3.8) is 0 Å². The Labute approximate surface area is 61.4 Å². The monoisotopic (exact) mass is 145 g/mol. The van der Waals surface area contributed by atoms with Gasteiger partial charge in [-0.15, -0.1) is 0 Å². The average molecular weight is 145 g/mol. The first-order chi connectivity index (χ1) is 4.85. The molecule has 0 spiro atoms. The maximum atomic E-state index is 5.14. The normalized spacial score (nSPS) is 11.7. The van der Waals surface area contributed by atoms with E-state index in [4.69, 9.17) is 10.6 Å². The molecule has 0 fully saturated rings. The highest BCUT2D eigenvalue weighted by atomic mass is 16.5. The maximum absolute atomic E-state index is 5.14. The molecule has 0 saturated carbocycles. The van der Waals surface area contributed by atoms with Crippen LogP contribution in [0.1, 0.15) is 13.3 Å². The predicted octanol–water partition coefficient (Wildman–Crippen LogP) is -0.0954. The lowest BCUT2D eigenvalue weighted by Gasteiger charge is -2.02. The van der Waals surface area contributed by atoms with E-state index in [9.17, 15) is 0 Å². The van der Waals surface area contributed by atoms with Crippen molar-refractivity contribution < 1.29 is 4.74 Å². The fraction of sp³-hybridized carbons (Fsp3) is 0.833. The molecule has 10 heavy (non-hydrogen) atoms. The molecule has 60 valence electrons. The van der Waals surface area contributed by atoms with Crippen LogP contribution in [0.5, 0.6) is 0 Å². The molecule has 0 bridgehead atoms. The smallest absolute Gasteiger partial charge is 0.137 e. The zero-order valence-corrected chi connectivity index (χ0v) is 6.55. The van der Waals surface area contributed by atoms with E-state index < -0.39 is 0 Å². The van der Waals surface area contributed by atoms with Crippen molar-refractivity contribution in [3.8, 4) is 0 Å². The molecule has 0 aromatic rings. The van der Waals surface area contributed by atoms with Crippen LogP contribution in [0, 0.1) is 0 Å². The number of nitrogens with one attached hydrogen (secondary N) is 1. The van der Waals surface area contributed by atoms with Gasteiger partial charge in [0, 0.05) is 13.7 Å². The summed E-state index contributed by atoms with van der Waals surface area (Å²) in [7, 11) is 1.61. The van der Waals surface area contributed by atoms with Gasteiger partial charge in [0.1, 0.15) is 12.4 Å². The van der Waals surface area contributed by atoms with Crippen LogP contribution >= 0.6 is 0 Å². The van der Waals surface area contributed by atoms with Gasteiger partial charge in [-0.05, 0) is 6.42 Å². The molecule has 0 radical (unpaired) electrons. The summed E-state index contributed by atoms with van der Waals surface area (Å²) in [6, 6.07) is 0.